The van der Waals surface area contributed by atoms with Crippen LogP contribution in [0.3, 0.4) is 0 Å². The van der Waals surface area contributed by atoms with Crippen molar-refractivity contribution in [2.75, 3.05) is 46.3 Å². The Labute approximate surface area is 165 Å². The molecule has 0 atom stereocenters. The van der Waals surface area contributed by atoms with Crippen molar-refractivity contribution in [1.29, 1.82) is 0 Å². The summed E-state index contributed by atoms with van der Waals surface area (Å²) in [5, 5.41) is 3.00. The molecule has 0 saturated carbocycles. The summed E-state index contributed by atoms with van der Waals surface area (Å²) in [5.41, 5.74) is 3.49. The molecule has 1 saturated heterocycles. The number of nitrogens with one attached hydrogen (secondary N) is 1. The summed E-state index contributed by atoms with van der Waals surface area (Å²) in [5.74, 6) is -0.108. The lowest BCUT2D eigenvalue weighted by Gasteiger charge is -2.32. The Balaban J connectivity index is 1.33. The molecule has 1 aliphatic heterocycles. The van der Waals surface area contributed by atoms with Crippen LogP contribution in [-0.4, -0.2) is 71.4 Å². The third kappa shape index (κ3) is 4.40. The minimum atomic E-state index is -0.108. The molecule has 2 aromatic heterocycles. The van der Waals surface area contributed by atoms with Gasteiger partial charge in [-0.25, -0.2) is 4.98 Å². The van der Waals surface area contributed by atoms with Crippen molar-refractivity contribution in [3.05, 3.63) is 60.6 Å². The molecular weight excluding hydrogens is 350 g/mol. The molecule has 28 heavy (non-hydrogen) atoms. The van der Waals surface area contributed by atoms with Gasteiger partial charge in [0, 0.05) is 45.1 Å². The average molecular weight is 377 g/mol. The summed E-state index contributed by atoms with van der Waals surface area (Å²) < 4.78 is 1.92. The van der Waals surface area contributed by atoms with Gasteiger partial charge in [0.2, 0.25) is 0 Å². The number of benzene rings is 1. The van der Waals surface area contributed by atoms with Crippen molar-refractivity contribution >= 4 is 11.6 Å². The summed E-state index contributed by atoms with van der Waals surface area (Å²) in [6.45, 7) is 6.17. The third-order valence-electron chi connectivity index (χ3n) is 5.32. The minimum absolute atomic E-state index is 0.108. The van der Waals surface area contributed by atoms with Crippen LogP contribution in [0, 0.1) is 0 Å². The van der Waals surface area contributed by atoms with E-state index in [4.69, 9.17) is 0 Å². The average Bonchev–Trinajstić information content (AvgIpc) is 3.16. The van der Waals surface area contributed by atoms with E-state index in [9.17, 15) is 4.79 Å². The van der Waals surface area contributed by atoms with Crippen LogP contribution in [0.2, 0.25) is 0 Å². The Morgan fingerprint density at radius 2 is 1.79 bits per heavy atom. The van der Waals surface area contributed by atoms with Gasteiger partial charge < -0.3 is 19.5 Å². The molecule has 0 radical (unpaired) electrons. The molecule has 146 valence electrons. The molecule has 6 heteroatoms. The standard InChI is InChI=1S/C22H27N5O/c1-25-12-14-26(15-13-25)11-5-10-23-22(28)20-17-27-16-19(8-9-21(27)24-20)18-6-3-2-4-7-18/h2-4,6-9,16-17H,5,10-15H2,1H3,(H,23,28). The van der Waals surface area contributed by atoms with E-state index in [1.807, 2.05) is 40.9 Å². The fourth-order valence-corrected chi connectivity index (χ4v) is 3.57. The molecule has 1 aliphatic rings. The first kappa shape index (κ1) is 18.7. The predicted molar refractivity (Wildman–Crippen MR) is 112 cm³/mol. The van der Waals surface area contributed by atoms with Gasteiger partial charge in [-0.05, 0) is 43.3 Å². The van der Waals surface area contributed by atoms with Crippen molar-refractivity contribution < 1.29 is 4.79 Å². The summed E-state index contributed by atoms with van der Waals surface area (Å²) in [6.07, 6.45) is 4.78. The number of hydrogen-bond acceptors (Lipinski definition) is 4. The number of pyridine rings is 1. The number of nitrogens with zero attached hydrogens (tertiary/aromatic N) is 4. The number of rotatable bonds is 6. The van der Waals surface area contributed by atoms with E-state index in [0.717, 1.165) is 55.9 Å². The molecule has 0 spiro atoms. The van der Waals surface area contributed by atoms with Crippen molar-refractivity contribution in [1.82, 2.24) is 24.5 Å². The number of piperazine rings is 1. The van der Waals surface area contributed by atoms with Crippen LogP contribution in [-0.2, 0) is 0 Å². The number of imidazole rings is 1. The molecule has 3 aromatic rings. The number of fused-ring (bicyclic) bond motifs is 1. The summed E-state index contributed by atoms with van der Waals surface area (Å²) in [6, 6.07) is 14.2. The predicted octanol–water partition coefficient (Wildman–Crippen LogP) is 2.37. The molecule has 4 rings (SSSR count). The van der Waals surface area contributed by atoms with Crippen LogP contribution in [0.25, 0.3) is 16.8 Å². The van der Waals surface area contributed by atoms with E-state index in [-0.39, 0.29) is 5.91 Å². The maximum atomic E-state index is 12.5. The highest BCUT2D eigenvalue weighted by Crippen LogP contribution is 2.19. The monoisotopic (exact) mass is 377 g/mol. The van der Waals surface area contributed by atoms with Crippen LogP contribution in [0.15, 0.2) is 54.9 Å². The van der Waals surface area contributed by atoms with Crippen LogP contribution < -0.4 is 5.32 Å². The highest BCUT2D eigenvalue weighted by molar-refractivity contribution is 5.92. The summed E-state index contributed by atoms with van der Waals surface area (Å²) in [4.78, 5) is 21.7. The Morgan fingerprint density at radius 1 is 1.00 bits per heavy atom. The topological polar surface area (TPSA) is 52.9 Å². The number of hydrogen-bond donors (Lipinski definition) is 1. The number of carbonyl (C=O) groups excluding carboxylic acids is 1. The zero-order valence-electron chi connectivity index (χ0n) is 16.3. The highest BCUT2D eigenvalue weighted by Gasteiger charge is 2.14. The summed E-state index contributed by atoms with van der Waals surface area (Å²) in [7, 11) is 2.16. The molecule has 0 bridgehead atoms. The van der Waals surface area contributed by atoms with Gasteiger partial charge in [0.15, 0.2) is 0 Å². The van der Waals surface area contributed by atoms with E-state index >= 15 is 0 Å². The molecule has 0 unspecified atom stereocenters. The fraction of sp³-hybridized carbons (Fsp3) is 0.364. The van der Waals surface area contributed by atoms with Crippen LogP contribution in [0.5, 0.6) is 0 Å². The largest absolute Gasteiger partial charge is 0.351 e. The van der Waals surface area contributed by atoms with E-state index in [1.165, 1.54) is 0 Å². The van der Waals surface area contributed by atoms with E-state index in [0.29, 0.717) is 12.2 Å². The van der Waals surface area contributed by atoms with Crippen molar-refractivity contribution in [3.63, 3.8) is 0 Å². The number of carbonyl (C=O) groups is 1. The first-order valence-electron chi connectivity index (χ1n) is 9.92. The quantitative estimate of drug-likeness (QED) is 0.670. The normalized spacial score (nSPS) is 15.8. The molecule has 1 aromatic carbocycles. The van der Waals surface area contributed by atoms with Crippen LogP contribution >= 0.6 is 0 Å². The van der Waals surface area contributed by atoms with Gasteiger partial charge in [0.1, 0.15) is 11.3 Å². The van der Waals surface area contributed by atoms with E-state index in [1.54, 1.807) is 6.20 Å². The maximum absolute atomic E-state index is 12.5. The van der Waals surface area contributed by atoms with E-state index < -0.39 is 0 Å². The second-order valence-corrected chi connectivity index (χ2v) is 7.43. The zero-order chi connectivity index (χ0) is 19.3. The van der Waals surface area contributed by atoms with Crippen molar-refractivity contribution in [3.8, 4) is 11.1 Å². The second-order valence-electron chi connectivity index (χ2n) is 7.43. The smallest absolute Gasteiger partial charge is 0.271 e. The summed E-state index contributed by atoms with van der Waals surface area (Å²) >= 11 is 0. The number of amides is 1. The molecule has 1 N–H and O–H groups in total. The lowest BCUT2D eigenvalue weighted by molar-refractivity contribution is 0.0945. The van der Waals surface area contributed by atoms with Gasteiger partial charge in [-0.3, -0.25) is 4.79 Å². The van der Waals surface area contributed by atoms with Gasteiger partial charge in [-0.1, -0.05) is 30.3 Å². The van der Waals surface area contributed by atoms with E-state index in [2.05, 4.69) is 39.3 Å². The SMILES string of the molecule is CN1CCN(CCCNC(=O)c2cn3cc(-c4ccccc4)ccc3n2)CC1. The molecule has 0 aliphatic carbocycles. The Morgan fingerprint density at radius 3 is 2.57 bits per heavy atom. The third-order valence-corrected chi connectivity index (χ3v) is 5.32. The Hall–Kier alpha value is -2.70. The Kier molecular flexibility index (Phi) is 5.69. The zero-order valence-corrected chi connectivity index (χ0v) is 16.3. The highest BCUT2D eigenvalue weighted by atomic mass is 16.1. The van der Waals surface area contributed by atoms with Gasteiger partial charge in [0.05, 0.1) is 0 Å². The lowest BCUT2D eigenvalue weighted by atomic mass is 10.1. The number of aromatic nitrogens is 2. The van der Waals surface area contributed by atoms with Crippen molar-refractivity contribution in [2.45, 2.75) is 6.42 Å². The Bertz CT molecular complexity index is 929. The molecule has 3 heterocycles. The van der Waals surface area contributed by atoms with Crippen molar-refractivity contribution in [2.24, 2.45) is 0 Å². The van der Waals surface area contributed by atoms with Gasteiger partial charge in [0.25, 0.3) is 5.91 Å². The van der Waals surface area contributed by atoms with Crippen LogP contribution in [0.1, 0.15) is 16.9 Å². The molecule has 1 amide bonds. The van der Waals surface area contributed by atoms with Gasteiger partial charge in [-0.15, -0.1) is 0 Å². The maximum Gasteiger partial charge on any atom is 0.271 e. The van der Waals surface area contributed by atoms with Crippen LogP contribution in [0.4, 0.5) is 0 Å². The molecular formula is C22H27N5O. The van der Waals surface area contributed by atoms with Gasteiger partial charge in [-0.2, -0.15) is 0 Å². The molecule has 6 nitrogen and oxygen atoms in total. The first-order chi connectivity index (χ1) is 13.7. The second kappa shape index (κ2) is 8.54. The minimum Gasteiger partial charge on any atom is -0.351 e. The number of likely N-dealkylation sites (N-methyl/N-ethyl adjacent to an activating group) is 1. The van der Waals surface area contributed by atoms with Gasteiger partial charge >= 0.3 is 0 Å². The first-order valence-corrected chi connectivity index (χ1v) is 9.92. The fourth-order valence-electron chi connectivity index (χ4n) is 3.57. The lowest BCUT2D eigenvalue weighted by Crippen LogP contribution is -2.45. The molecule has 1 fully saturated rings.